The second-order valence-electron chi connectivity index (χ2n) is 19.8. The Balaban J connectivity index is 2.28. The van der Waals surface area contributed by atoms with Crippen molar-refractivity contribution in [2.45, 2.75) is 164 Å². The molecule has 4 heteroatoms. The zero-order chi connectivity index (χ0) is 36.3. The van der Waals surface area contributed by atoms with Crippen LogP contribution in [0.2, 0.25) is 0 Å². The van der Waals surface area contributed by atoms with Crippen LogP contribution in [0.4, 0.5) is 0 Å². The highest BCUT2D eigenvalue weighted by atomic mass is 17.2. The van der Waals surface area contributed by atoms with Gasteiger partial charge in [0.15, 0.2) is 11.5 Å². The summed E-state index contributed by atoms with van der Waals surface area (Å²) in [5.74, 6) is 2.01. The first-order chi connectivity index (χ1) is 20.9. The second kappa shape index (κ2) is 12.4. The lowest BCUT2D eigenvalue weighted by atomic mass is 9.76. The molecule has 0 aliphatic heterocycles. The number of rotatable bonds is 5. The quantitative estimate of drug-likeness (QED) is 0.214. The van der Waals surface area contributed by atoms with Gasteiger partial charge in [-0.2, -0.15) is 0 Å². The molecule has 2 N–H and O–H groups in total. The van der Waals surface area contributed by atoms with Gasteiger partial charge in [0.2, 0.25) is 0 Å². The van der Waals surface area contributed by atoms with Gasteiger partial charge >= 0.3 is 0 Å². The van der Waals surface area contributed by atoms with Gasteiger partial charge in [0.1, 0.15) is 11.5 Å². The molecule has 0 saturated heterocycles. The van der Waals surface area contributed by atoms with Crippen LogP contribution in [0.25, 0.3) is 0 Å². The number of hydrogen-bond donors (Lipinski definition) is 2. The van der Waals surface area contributed by atoms with E-state index in [-0.39, 0.29) is 38.2 Å². The van der Waals surface area contributed by atoms with Gasteiger partial charge in [-0.05, 0) is 73.3 Å². The third-order valence-corrected chi connectivity index (χ3v) is 8.86. The third kappa shape index (κ3) is 8.86. The molecule has 4 nitrogen and oxygen atoms in total. The summed E-state index contributed by atoms with van der Waals surface area (Å²) < 4.78 is 0. The topological polar surface area (TPSA) is 58.9 Å². The van der Waals surface area contributed by atoms with E-state index in [1.165, 1.54) is 11.1 Å². The summed E-state index contributed by atoms with van der Waals surface area (Å²) in [4.78, 5) is 13.0. The summed E-state index contributed by atoms with van der Waals surface area (Å²) in [7, 11) is 0. The molecule has 260 valence electrons. The predicted molar refractivity (Wildman–Crippen MR) is 199 cm³/mol. The Kier molecular flexibility index (Phi) is 10.1. The minimum absolute atomic E-state index is 0.200. The van der Waals surface area contributed by atoms with Crippen LogP contribution >= 0.6 is 0 Å². The lowest BCUT2D eigenvalue weighted by Gasteiger charge is -2.32. The molecule has 0 bridgehead atoms. The van der Waals surface area contributed by atoms with E-state index in [1.54, 1.807) is 12.1 Å². The fourth-order valence-electron chi connectivity index (χ4n) is 6.07. The molecule has 0 aliphatic carbocycles. The fourth-order valence-corrected chi connectivity index (χ4v) is 6.07. The highest BCUT2D eigenvalue weighted by Gasteiger charge is 2.33. The molecule has 0 aliphatic rings. The Labute approximate surface area is 286 Å². The van der Waals surface area contributed by atoms with Gasteiger partial charge in [-0.1, -0.05) is 149 Å². The molecule has 0 saturated carbocycles. The molecular formula is C43H64O4. The molecule has 0 amide bonds. The molecule has 0 fully saturated rings. The van der Waals surface area contributed by atoms with Crippen molar-refractivity contribution in [3.63, 3.8) is 0 Å². The SMILES string of the molecule is CC(C)(C)c1cc(Cc2cc(C(C)(C)C)c(OOc3c(C(C)(C)C)cc(O)cc3C(C)(C)C)c(C(C)(C)C)c2)cc(C(C)(C)C)c1O. The molecule has 0 radical (unpaired) electrons. The van der Waals surface area contributed by atoms with Crippen LogP contribution in [0.1, 0.15) is 169 Å². The number of phenols is 2. The summed E-state index contributed by atoms with van der Waals surface area (Å²) in [5, 5.41) is 22.1. The van der Waals surface area contributed by atoms with E-state index in [4.69, 9.17) is 9.78 Å². The van der Waals surface area contributed by atoms with Crippen LogP contribution in [0, 0.1) is 0 Å². The van der Waals surface area contributed by atoms with E-state index in [9.17, 15) is 10.2 Å². The lowest BCUT2D eigenvalue weighted by molar-refractivity contribution is -0.105. The Morgan fingerprint density at radius 3 is 0.872 bits per heavy atom. The van der Waals surface area contributed by atoms with E-state index < -0.39 is 0 Å². The molecule has 3 aromatic carbocycles. The molecule has 0 aromatic heterocycles. The average Bonchev–Trinajstić information content (AvgIpc) is 2.85. The largest absolute Gasteiger partial charge is 0.508 e. The Hall–Kier alpha value is -3.14. The summed E-state index contributed by atoms with van der Waals surface area (Å²) in [6.07, 6.45) is 0.722. The van der Waals surface area contributed by atoms with Gasteiger partial charge in [0.25, 0.3) is 0 Å². The first-order valence-corrected chi connectivity index (χ1v) is 17.2. The summed E-state index contributed by atoms with van der Waals surface area (Å²) >= 11 is 0. The van der Waals surface area contributed by atoms with E-state index in [0.29, 0.717) is 11.5 Å². The Morgan fingerprint density at radius 2 is 0.617 bits per heavy atom. The fraction of sp³-hybridized carbons (Fsp3) is 0.581. The molecule has 3 aromatic rings. The van der Waals surface area contributed by atoms with Crippen molar-refractivity contribution in [1.82, 2.24) is 0 Å². The summed E-state index contributed by atoms with van der Waals surface area (Å²) in [5.41, 5.74) is 6.76. The van der Waals surface area contributed by atoms with Crippen molar-refractivity contribution in [1.29, 1.82) is 0 Å². The van der Waals surface area contributed by atoms with Crippen molar-refractivity contribution in [2.75, 3.05) is 0 Å². The maximum absolute atomic E-state index is 11.4. The lowest BCUT2D eigenvalue weighted by Crippen LogP contribution is -2.24. The van der Waals surface area contributed by atoms with Crippen LogP contribution in [-0.2, 0) is 38.9 Å². The van der Waals surface area contributed by atoms with Crippen molar-refractivity contribution in [3.8, 4) is 23.0 Å². The molecular weight excluding hydrogens is 580 g/mol. The summed E-state index contributed by atoms with van der Waals surface area (Å²) in [6.45, 7) is 38.9. The van der Waals surface area contributed by atoms with Crippen LogP contribution < -0.4 is 9.78 Å². The zero-order valence-electron chi connectivity index (χ0n) is 32.9. The van der Waals surface area contributed by atoms with E-state index in [2.05, 4.69) is 149 Å². The molecule has 0 spiro atoms. The average molecular weight is 645 g/mol. The highest BCUT2D eigenvalue weighted by molar-refractivity contribution is 5.55. The highest BCUT2D eigenvalue weighted by Crippen LogP contribution is 2.46. The maximum atomic E-state index is 11.4. The Morgan fingerprint density at radius 1 is 0.383 bits per heavy atom. The maximum Gasteiger partial charge on any atom is 0.186 e. The Bertz CT molecular complexity index is 1490. The van der Waals surface area contributed by atoms with Gasteiger partial charge in [0.05, 0.1) is 0 Å². The monoisotopic (exact) mass is 644 g/mol. The first-order valence-electron chi connectivity index (χ1n) is 17.2. The summed E-state index contributed by atoms with van der Waals surface area (Å²) in [6, 6.07) is 12.5. The number of benzene rings is 3. The first kappa shape index (κ1) is 38.3. The number of aromatic hydroxyl groups is 2. The molecule has 0 atom stereocenters. The number of phenolic OH excluding ortho intramolecular Hbond substituents is 2. The van der Waals surface area contributed by atoms with Gasteiger partial charge in [0, 0.05) is 22.3 Å². The van der Waals surface area contributed by atoms with Crippen LogP contribution in [0.3, 0.4) is 0 Å². The van der Waals surface area contributed by atoms with Crippen LogP contribution in [0.15, 0.2) is 36.4 Å². The molecule has 3 rings (SSSR count). The smallest absolute Gasteiger partial charge is 0.186 e. The van der Waals surface area contributed by atoms with E-state index in [0.717, 1.165) is 45.6 Å². The van der Waals surface area contributed by atoms with Crippen molar-refractivity contribution in [2.24, 2.45) is 0 Å². The van der Waals surface area contributed by atoms with Crippen LogP contribution in [0.5, 0.6) is 23.0 Å². The predicted octanol–water partition coefficient (Wildman–Crippen LogP) is 11.8. The minimum atomic E-state index is -0.289. The molecule has 0 unspecified atom stereocenters. The van der Waals surface area contributed by atoms with E-state index >= 15 is 0 Å². The zero-order valence-corrected chi connectivity index (χ0v) is 32.9. The normalized spacial score (nSPS) is 13.6. The molecule has 47 heavy (non-hydrogen) atoms. The third-order valence-electron chi connectivity index (χ3n) is 8.86. The van der Waals surface area contributed by atoms with E-state index in [1.807, 2.05) is 0 Å². The van der Waals surface area contributed by atoms with Crippen molar-refractivity contribution >= 4 is 0 Å². The standard InChI is InChI=1S/C43H64O4/c1-38(2,3)29-20-26(21-30(35(29)45)39(4,5)6)19-27-22-31(40(7,8)9)36(32(23-27)41(10,11)12)46-47-37-33(42(13,14)15)24-28(44)25-34(37)43(16,17)18/h20-25,44-45H,19H2,1-18H3. The van der Waals surface area contributed by atoms with Gasteiger partial charge < -0.3 is 10.2 Å². The van der Waals surface area contributed by atoms with Crippen molar-refractivity contribution in [3.05, 3.63) is 80.9 Å². The van der Waals surface area contributed by atoms with Gasteiger partial charge in [-0.25, -0.2) is 0 Å². The van der Waals surface area contributed by atoms with Crippen molar-refractivity contribution < 1.29 is 20.0 Å². The number of hydrogen-bond acceptors (Lipinski definition) is 4. The molecule has 0 heterocycles. The van der Waals surface area contributed by atoms with Crippen LogP contribution in [-0.4, -0.2) is 10.2 Å². The second-order valence-corrected chi connectivity index (χ2v) is 19.8. The van der Waals surface area contributed by atoms with Gasteiger partial charge in [-0.15, -0.1) is 0 Å². The van der Waals surface area contributed by atoms with Gasteiger partial charge in [-0.3, -0.25) is 9.78 Å². The minimum Gasteiger partial charge on any atom is -0.508 e.